The zero-order chi connectivity index (χ0) is 13.1. The summed E-state index contributed by atoms with van der Waals surface area (Å²) in [6.07, 6.45) is 0. The fourth-order valence-electron chi connectivity index (χ4n) is 1.61. The van der Waals surface area contributed by atoms with Gasteiger partial charge < -0.3 is 11.1 Å². The predicted octanol–water partition coefficient (Wildman–Crippen LogP) is 2.52. The van der Waals surface area contributed by atoms with Gasteiger partial charge in [0.2, 0.25) is 0 Å². The second kappa shape index (κ2) is 5.10. The molecule has 18 heavy (non-hydrogen) atoms. The molecule has 2 aromatic rings. The first kappa shape index (κ1) is 12.5. The second-order valence-corrected chi connectivity index (χ2v) is 4.55. The van der Waals surface area contributed by atoms with E-state index in [-0.39, 0.29) is 0 Å². The van der Waals surface area contributed by atoms with E-state index in [0.29, 0.717) is 23.7 Å². The number of nitrogens with one attached hydrogen (secondary N) is 1. The normalized spacial score (nSPS) is 10.1. The summed E-state index contributed by atoms with van der Waals surface area (Å²) in [5, 5.41) is 16.4. The molecule has 0 amide bonds. The third-order valence-electron chi connectivity index (χ3n) is 2.45. The van der Waals surface area contributed by atoms with Crippen LogP contribution in [0.15, 0.2) is 28.7 Å². The second-order valence-electron chi connectivity index (χ2n) is 3.64. The van der Waals surface area contributed by atoms with Crippen LogP contribution in [0.5, 0.6) is 0 Å². The van der Waals surface area contributed by atoms with Crippen molar-refractivity contribution in [1.82, 2.24) is 9.78 Å². The third-order valence-corrected chi connectivity index (χ3v) is 2.98. The van der Waals surface area contributed by atoms with Crippen molar-refractivity contribution in [3.05, 3.63) is 34.3 Å². The van der Waals surface area contributed by atoms with E-state index in [0.717, 1.165) is 10.2 Å². The quantitative estimate of drug-likeness (QED) is 0.913. The minimum atomic E-state index is 0.343. The summed E-state index contributed by atoms with van der Waals surface area (Å²) < 4.78 is 2.53. The molecule has 0 radical (unpaired) electrons. The van der Waals surface area contributed by atoms with Gasteiger partial charge in [-0.15, -0.1) is 5.10 Å². The molecule has 92 valence electrons. The number of rotatable bonds is 3. The average Bonchev–Trinajstić information content (AvgIpc) is 2.67. The highest BCUT2D eigenvalue weighted by atomic mass is 79.9. The lowest BCUT2D eigenvalue weighted by atomic mass is 10.3. The fourth-order valence-corrected chi connectivity index (χ4v) is 1.88. The van der Waals surface area contributed by atoms with Crippen molar-refractivity contribution in [1.29, 1.82) is 5.26 Å². The zero-order valence-electron chi connectivity index (χ0n) is 9.81. The number of nitrogens with two attached hydrogens (primary N) is 1. The molecule has 0 saturated heterocycles. The van der Waals surface area contributed by atoms with E-state index in [4.69, 9.17) is 11.0 Å². The Morgan fingerprint density at radius 2 is 2.11 bits per heavy atom. The van der Waals surface area contributed by atoms with Crippen molar-refractivity contribution < 1.29 is 0 Å². The Morgan fingerprint density at radius 1 is 1.44 bits per heavy atom. The molecular weight excluding hydrogens is 294 g/mol. The maximum atomic E-state index is 9.10. The molecule has 1 heterocycles. The molecule has 0 fully saturated rings. The molecule has 1 aromatic carbocycles. The Bertz CT molecular complexity index is 594. The van der Waals surface area contributed by atoms with Gasteiger partial charge in [0, 0.05) is 11.0 Å². The third kappa shape index (κ3) is 2.17. The van der Waals surface area contributed by atoms with Gasteiger partial charge in [-0.2, -0.15) is 5.26 Å². The van der Waals surface area contributed by atoms with Crippen molar-refractivity contribution in [2.45, 2.75) is 6.92 Å². The highest BCUT2D eigenvalue weighted by Gasteiger charge is 2.15. The predicted molar refractivity (Wildman–Crippen MR) is 74.6 cm³/mol. The molecular formula is C12H12BrN5. The van der Waals surface area contributed by atoms with Gasteiger partial charge in [0.15, 0.2) is 5.82 Å². The number of nitrogens with zero attached hydrogens (tertiary/aromatic N) is 3. The molecule has 3 N–H and O–H groups in total. The van der Waals surface area contributed by atoms with Crippen LogP contribution in [0.4, 0.5) is 11.6 Å². The number of hydrogen-bond donors (Lipinski definition) is 2. The number of benzene rings is 1. The van der Waals surface area contributed by atoms with Crippen LogP contribution in [0.2, 0.25) is 0 Å². The Morgan fingerprint density at radius 3 is 2.67 bits per heavy atom. The summed E-state index contributed by atoms with van der Waals surface area (Å²) in [7, 11) is 0. The van der Waals surface area contributed by atoms with Crippen LogP contribution >= 0.6 is 15.9 Å². The van der Waals surface area contributed by atoms with Crippen LogP contribution in [0.3, 0.4) is 0 Å². The molecule has 1 aromatic heterocycles. The molecule has 0 unspecified atom stereocenters. The van der Waals surface area contributed by atoms with E-state index < -0.39 is 0 Å². The number of hydrogen-bond acceptors (Lipinski definition) is 4. The summed E-state index contributed by atoms with van der Waals surface area (Å²) in [6, 6.07) is 9.63. The maximum Gasteiger partial charge on any atom is 0.168 e. The molecule has 0 atom stereocenters. The first-order valence-corrected chi connectivity index (χ1v) is 6.25. The molecule has 0 bridgehead atoms. The van der Waals surface area contributed by atoms with E-state index >= 15 is 0 Å². The summed E-state index contributed by atoms with van der Waals surface area (Å²) in [4.78, 5) is 0. The van der Waals surface area contributed by atoms with Gasteiger partial charge >= 0.3 is 0 Å². The Kier molecular flexibility index (Phi) is 3.53. The number of aromatic nitrogens is 2. The van der Waals surface area contributed by atoms with Crippen molar-refractivity contribution in [2.75, 3.05) is 17.6 Å². The topological polar surface area (TPSA) is 79.7 Å². The van der Waals surface area contributed by atoms with E-state index in [1.54, 1.807) is 4.68 Å². The fraction of sp³-hybridized carbons (Fsp3) is 0.167. The van der Waals surface area contributed by atoms with E-state index in [9.17, 15) is 0 Å². The van der Waals surface area contributed by atoms with Crippen molar-refractivity contribution in [2.24, 2.45) is 0 Å². The standard InChI is InChI=1S/C12H12BrN5/c1-2-16-12-10(7-14)11(15)18(17-12)9-5-3-8(13)4-6-9/h3-6H,2,15H2,1H3,(H,16,17). The Balaban J connectivity index is 2.52. The molecule has 0 aliphatic rings. The highest BCUT2D eigenvalue weighted by Crippen LogP contribution is 2.24. The lowest BCUT2D eigenvalue weighted by molar-refractivity contribution is 0.889. The van der Waals surface area contributed by atoms with Gasteiger partial charge in [-0.3, -0.25) is 0 Å². The number of nitriles is 1. The molecule has 0 aliphatic carbocycles. The van der Waals surface area contributed by atoms with Crippen LogP contribution < -0.4 is 11.1 Å². The summed E-state index contributed by atoms with van der Waals surface area (Å²) in [5.41, 5.74) is 7.13. The molecule has 0 spiro atoms. The monoisotopic (exact) mass is 305 g/mol. The van der Waals surface area contributed by atoms with Crippen molar-refractivity contribution in [3.8, 4) is 11.8 Å². The minimum absolute atomic E-state index is 0.343. The van der Waals surface area contributed by atoms with E-state index in [1.165, 1.54) is 0 Å². The van der Waals surface area contributed by atoms with Gasteiger partial charge in [-0.1, -0.05) is 15.9 Å². The molecule has 0 aliphatic heterocycles. The van der Waals surface area contributed by atoms with Crippen molar-refractivity contribution >= 4 is 27.6 Å². The Hall–Kier alpha value is -2.00. The van der Waals surface area contributed by atoms with Gasteiger partial charge in [0.1, 0.15) is 17.5 Å². The van der Waals surface area contributed by atoms with Gasteiger partial charge in [-0.25, -0.2) is 4.68 Å². The molecule has 2 rings (SSSR count). The van der Waals surface area contributed by atoms with Crippen LogP contribution in [0.25, 0.3) is 5.69 Å². The van der Waals surface area contributed by atoms with Gasteiger partial charge in [0.25, 0.3) is 0 Å². The van der Waals surface area contributed by atoms with Crippen LogP contribution in [-0.2, 0) is 0 Å². The zero-order valence-corrected chi connectivity index (χ0v) is 11.4. The number of nitrogen functional groups attached to an aromatic ring is 1. The SMILES string of the molecule is CCNc1nn(-c2ccc(Br)cc2)c(N)c1C#N. The van der Waals surface area contributed by atoms with Gasteiger partial charge in [0.05, 0.1) is 5.69 Å². The smallest absolute Gasteiger partial charge is 0.168 e. The maximum absolute atomic E-state index is 9.10. The lowest BCUT2D eigenvalue weighted by Gasteiger charge is -2.03. The van der Waals surface area contributed by atoms with E-state index in [1.807, 2.05) is 31.2 Å². The van der Waals surface area contributed by atoms with E-state index in [2.05, 4.69) is 32.4 Å². The summed E-state index contributed by atoms with van der Waals surface area (Å²) in [6.45, 7) is 2.63. The summed E-state index contributed by atoms with van der Waals surface area (Å²) in [5.74, 6) is 0.858. The number of anilines is 2. The van der Waals surface area contributed by atoms with Crippen LogP contribution in [-0.4, -0.2) is 16.3 Å². The molecule has 0 saturated carbocycles. The average molecular weight is 306 g/mol. The van der Waals surface area contributed by atoms with Crippen LogP contribution in [0, 0.1) is 11.3 Å². The van der Waals surface area contributed by atoms with Crippen LogP contribution in [0.1, 0.15) is 12.5 Å². The lowest BCUT2D eigenvalue weighted by Crippen LogP contribution is -2.02. The largest absolute Gasteiger partial charge is 0.382 e. The van der Waals surface area contributed by atoms with Gasteiger partial charge in [-0.05, 0) is 31.2 Å². The molecule has 6 heteroatoms. The minimum Gasteiger partial charge on any atom is -0.382 e. The summed E-state index contributed by atoms with van der Waals surface area (Å²) >= 11 is 3.37. The highest BCUT2D eigenvalue weighted by molar-refractivity contribution is 9.10. The molecule has 5 nitrogen and oxygen atoms in total. The van der Waals surface area contributed by atoms with Crippen molar-refractivity contribution in [3.63, 3.8) is 0 Å². The number of halogens is 1. The Labute approximate surface area is 113 Å². The first-order valence-electron chi connectivity index (χ1n) is 5.45. The first-order chi connectivity index (χ1) is 8.67.